The van der Waals surface area contributed by atoms with Crippen molar-refractivity contribution in [3.63, 3.8) is 0 Å². The molecule has 24 heavy (non-hydrogen) atoms. The van der Waals surface area contributed by atoms with Crippen LogP contribution < -0.4 is 10.6 Å². The normalized spacial score (nSPS) is 15.0. The van der Waals surface area contributed by atoms with E-state index in [-0.39, 0.29) is 17.9 Å². The molecule has 7 heteroatoms. The minimum atomic E-state index is -0.205. The third kappa shape index (κ3) is 3.97. The molecule has 0 radical (unpaired) electrons. The molecule has 2 N–H and O–H groups in total. The number of carbonyl (C=O) groups is 2. The minimum Gasteiger partial charge on any atom is -0.348 e. The van der Waals surface area contributed by atoms with Crippen molar-refractivity contribution in [1.82, 2.24) is 15.1 Å². The zero-order valence-electron chi connectivity index (χ0n) is 13.5. The first-order chi connectivity index (χ1) is 11.6. The Bertz CT molecular complexity index is 723. The molecule has 2 amide bonds. The van der Waals surface area contributed by atoms with Gasteiger partial charge in [-0.25, -0.2) is 4.68 Å². The number of hydrogen-bond donors (Lipinski definition) is 2. The lowest BCUT2D eigenvalue weighted by atomic mass is 10.1. The van der Waals surface area contributed by atoms with E-state index >= 15 is 0 Å². The molecule has 1 aliphatic rings. The Morgan fingerprint density at radius 3 is 2.58 bits per heavy atom. The molecule has 0 atom stereocenters. The predicted octanol–water partition coefficient (Wildman–Crippen LogP) is 2.46. The third-order valence-corrected chi connectivity index (χ3v) is 4.85. The number of hydrogen-bond acceptors (Lipinski definition) is 4. The molecule has 1 aromatic heterocycles. The topological polar surface area (TPSA) is 76.0 Å². The summed E-state index contributed by atoms with van der Waals surface area (Å²) < 4.78 is 1.58. The zero-order valence-corrected chi connectivity index (χ0v) is 14.3. The second-order valence-corrected chi connectivity index (χ2v) is 6.93. The fourth-order valence-electron chi connectivity index (χ4n) is 2.63. The molecule has 1 aromatic carbocycles. The number of benzene rings is 1. The van der Waals surface area contributed by atoms with E-state index in [2.05, 4.69) is 15.7 Å². The molecule has 2 heterocycles. The molecule has 1 aliphatic heterocycles. The number of anilines is 1. The number of carbonyl (C=O) groups excluding carboxylic acids is 2. The molecule has 0 aliphatic carbocycles. The Hall–Kier alpha value is -2.28. The summed E-state index contributed by atoms with van der Waals surface area (Å²) in [5.41, 5.74) is 1.09. The monoisotopic (exact) mass is 344 g/mol. The number of para-hydroxylation sites is 1. The Morgan fingerprint density at radius 2 is 1.92 bits per heavy atom. The highest BCUT2D eigenvalue weighted by Gasteiger charge is 2.20. The summed E-state index contributed by atoms with van der Waals surface area (Å²) in [5, 5.41) is 10.2. The number of nitrogens with zero attached hydrogens (tertiary/aromatic N) is 2. The fourth-order valence-corrected chi connectivity index (χ4v) is 3.74. The summed E-state index contributed by atoms with van der Waals surface area (Å²) in [6, 6.07) is 11.2. The van der Waals surface area contributed by atoms with Gasteiger partial charge in [0, 0.05) is 19.0 Å². The van der Waals surface area contributed by atoms with Crippen molar-refractivity contribution in [3.05, 3.63) is 42.1 Å². The summed E-state index contributed by atoms with van der Waals surface area (Å²) in [5.74, 6) is 2.22. The summed E-state index contributed by atoms with van der Waals surface area (Å²) in [6.07, 6.45) is 1.96. The van der Waals surface area contributed by atoms with E-state index in [1.54, 1.807) is 10.7 Å². The lowest BCUT2D eigenvalue weighted by molar-refractivity contribution is -0.114. The molecule has 6 nitrogen and oxygen atoms in total. The number of nitrogens with one attached hydrogen (secondary N) is 2. The standard InChI is InChI=1S/C17H20N4O2S/c1-12(22)18-16-11-15(17(23)19-13-7-9-24-10-8-13)20-21(16)14-5-3-2-4-6-14/h2-6,11,13H,7-10H2,1H3,(H,18,22)(H,19,23). The summed E-state index contributed by atoms with van der Waals surface area (Å²) in [7, 11) is 0. The maximum atomic E-state index is 12.5. The number of rotatable bonds is 4. The molecular formula is C17H20N4O2S. The van der Waals surface area contributed by atoms with Crippen molar-refractivity contribution < 1.29 is 9.59 Å². The van der Waals surface area contributed by atoms with Crippen LogP contribution in [0.3, 0.4) is 0 Å². The first-order valence-electron chi connectivity index (χ1n) is 7.95. The smallest absolute Gasteiger partial charge is 0.272 e. The van der Waals surface area contributed by atoms with E-state index in [4.69, 9.17) is 0 Å². The second-order valence-electron chi connectivity index (χ2n) is 5.70. The average molecular weight is 344 g/mol. The van der Waals surface area contributed by atoms with E-state index in [0.29, 0.717) is 11.5 Å². The third-order valence-electron chi connectivity index (χ3n) is 3.80. The molecule has 0 unspecified atom stereocenters. The van der Waals surface area contributed by atoms with Gasteiger partial charge in [0.2, 0.25) is 5.91 Å². The van der Waals surface area contributed by atoms with Crippen LogP contribution in [0.4, 0.5) is 5.82 Å². The van der Waals surface area contributed by atoms with Crippen LogP contribution in [0, 0.1) is 0 Å². The largest absolute Gasteiger partial charge is 0.348 e. The van der Waals surface area contributed by atoms with Crippen molar-refractivity contribution in [1.29, 1.82) is 0 Å². The van der Waals surface area contributed by atoms with Gasteiger partial charge in [-0.1, -0.05) is 18.2 Å². The van der Waals surface area contributed by atoms with Crippen LogP contribution >= 0.6 is 11.8 Å². The highest BCUT2D eigenvalue weighted by molar-refractivity contribution is 7.99. The van der Waals surface area contributed by atoms with Gasteiger partial charge in [0.05, 0.1) is 5.69 Å². The first kappa shape index (κ1) is 16.6. The van der Waals surface area contributed by atoms with Crippen LogP contribution in [-0.4, -0.2) is 39.1 Å². The Morgan fingerprint density at radius 1 is 1.21 bits per heavy atom. The maximum absolute atomic E-state index is 12.5. The van der Waals surface area contributed by atoms with Crippen molar-refractivity contribution in [3.8, 4) is 5.69 Å². The quantitative estimate of drug-likeness (QED) is 0.893. The van der Waals surface area contributed by atoms with Crippen LogP contribution in [-0.2, 0) is 4.79 Å². The highest BCUT2D eigenvalue weighted by atomic mass is 32.2. The minimum absolute atomic E-state index is 0.199. The van der Waals surface area contributed by atoms with E-state index in [0.717, 1.165) is 30.0 Å². The highest BCUT2D eigenvalue weighted by Crippen LogP contribution is 2.19. The van der Waals surface area contributed by atoms with Gasteiger partial charge in [0.25, 0.3) is 5.91 Å². The molecule has 0 saturated carbocycles. The van der Waals surface area contributed by atoms with Crippen LogP contribution in [0.25, 0.3) is 5.69 Å². The van der Waals surface area contributed by atoms with Gasteiger partial charge in [-0.05, 0) is 36.5 Å². The molecular weight excluding hydrogens is 324 g/mol. The number of thioether (sulfide) groups is 1. The van der Waals surface area contributed by atoms with E-state index in [1.807, 2.05) is 42.1 Å². The van der Waals surface area contributed by atoms with Gasteiger partial charge >= 0.3 is 0 Å². The molecule has 2 aromatic rings. The van der Waals surface area contributed by atoms with Gasteiger partial charge in [-0.3, -0.25) is 9.59 Å². The van der Waals surface area contributed by atoms with Gasteiger partial charge in [-0.2, -0.15) is 16.9 Å². The molecule has 3 rings (SSSR count). The van der Waals surface area contributed by atoms with Gasteiger partial charge in [0.1, 0.15) is 5.82 Å². The van der Waals surface area contributed by atoms with Crippen LogP contribution in [0.5, 0.6) is 0 Å². The lowest BCUT2D eigenvalue weighted by Crippen LogP contribution is -2.37. The van der Waals surface area contributed by atoms with Crippen LogP contribution in [0.1, 0.15) is 30.3 Å². The molecule has 1 saturated heterocycles. The van der Waals surface area contributed by atoms with Crippen molar-refractivity contribution >= 4 is 29.4 Å². The Kier molecular flexibility index (Phi) is 5.20. The first-order valence-corrected chi connectivity index (χ1v) is 9.10. The molecule has 126 valence electrons. The number of amides is 2. The predicted molar refractivity (Wildman–Crippen MR) is 95.7 cm³/mol. The van der Waals surface area contributed by atoms with E-state index in [9.17, 15) is 9.59 Å². The van der Waals surface area contributed by atoms with E-state index < -0.39 is 0 Å². The lowest BCUT2D eigenvalue weighted by Gasteiger charge is -2.21. The molecule has 1 fully saturated rings. The Balaban J connectivity index is 1.84. The number of aromatic nitrogens is 2. The average Bonchev–Trinajstić information content (AvgIpc) is 3.00. The molecule has 0 bridgehead atoms. The van der Waals surface area contributed by atoms with E-state index in [1.165, 1.54) is 6.92 Å². The van der Waals surface area contributed by atoms with Gasteiger partial charge < -0.3 is 10.6 Å². The SMILES string of the molecule is CC(=O)Nc1cc(C(=O)NC2CCSCC2)nn1-c1ccccc1. The van der Waals surface area contributed by atoms with Crippen molar-refractivity contribution in [2.24, 2.45) is 0 Å². The molecule has 0 spiro atoms. The second kappa shape index (κ2) is 7.53. The fraction of sp³-hybridized carbons (Fsp3) is 0.353. The maximum Gasteiger partial charge on any atom is 0.272 e. The van der Waals surface area contributed by atoms with Crippen LogP contribution in [0.15, 0.2) is 36.4 Å². The summed E-state index contributed by atoms with van der Waals surface area (Å²) in [6.45, 7) is 1.43. The van der Waals surface area contributed by atoms with Gasteiger partial charge in [-0.15, -0.1) is 0 Å². The van der Waals surface area contributed by atoms with Gasteiger partial charge in [0.15, 0.2) is 5.69 Å². The summed E-state index contributed by atoms with van der Waals surface area (Å²) in [4.78, 5) is 23.9. The van der Waals surface area contributed by atoms with Crippen molar-refractivity contribution in [2.75, 3.05) is 16.8 Å². The Labute approximate surface area is 145 Å². The van der Waals surface area contributed by atoms with Crippen LogP contribution in [0.2, 0.25) is 0 Å². The summed E-state index contributed by atoms with van der Waals surface area (Å²) >= 11 is 1.91. The van der Waals surface area contributed by atoms with Crippen molar-refractivity contribution in [2.45, 2.75) is 25.8 Å². The zero-order chi connectivity index (χ0) is 16.9.